The van der Waals surface area contributed by atoms with Gasteiger partial charge in [-0.1, -0.05) is 41.7 Å². The fourth-order valence-corrected chi connectivity index (χ4v) is 3.73. The molecule has 0 fully saturated rings. The summed E-state index contributed by atoms with van der Waals surface area (Å²) < 4.78 is 0. The minimum absolute atomic E-state index is 0.0601. The van der Waals surface area contributed by atoms with Gasteiger partial charge in [0.2, 0.25) is 0 Å². The first-order valence-electron chi connectivity index (χ1n) is 7.18. The van der Waals surface area contributed by atoms with E-state index < -0.39 is 0 Å². The molecule has 2 heterocycles. The molecule has 1 aliphatic heterocycles. The Bertz CT molecular complexity index is 575. The fraction of sp³-hybridized carbons (Fsp3) is 0.438. The Balaban J connectivity index is 1.63. The number of anilines is 1. The summed E-state index contributed by atoms with van der Waals surface area (Å²) in [6.45, 7) is 6.42. The highest BCUT2D eigenvalue weighted by atomic mass is 32.1. The molecule has 0 saturated heterocycles. The van der Waals surface area contributed by atoms with Gasteiger partial charge in [0.25, 0.3) is 0 Å². The SMILES string of the molecule is CC1(C)NCCc2nc(NCCc3ccccc3)sc21. The molecule has 1 aromatic carbocycles. The maximum atomic E-state index is 4.74. The zero-order chi connectivity index (χ0) is 14.0. The predicted molar refractivity (Wildman–Crippen MR) is 85.5 cm³/mol. The van der Waals surface area contributed by atoms with Crippen LogP contribution in [0.3, 0.4) is 0 Å². The first-order chi connectivity index (χ1) is 9.65. The van der Waals surface area contributed by atoms with Crippen LogP contribution >= 0.6 is 11.3 Å². The van der Waals surface area contributed by atoms with Gasteiger partial charge in [-0.2, -0.15) is 0 Å². The molecule has 106 valence electrons. The van der Waals surface area contributed by atoms with Crippen LogP contribution in [0.5, 0.6) is 0 Å². The molecule has 1 aliphatic rings. The van der Waals surface area contributed by atoms with Crippen LogP contribution in [0.4, 0.5) is 5.13 Å². The Labute approximate surface area is 124 Å². The van der Waals surface area contributed by atoms with E-state index in [9.17, 15) is 0 Å². The minimum Gasteiger partial charge on any atom is -0.361 e. The first-order valence-corrected chi connectivity index (χ1v) is 8.00. The average Bonchev–Trinajstić information content (AvgIpc) is 2.84. The third-order valence-electron chi connectivity index (χ3n) is 3.73. The maximum absolute atomic E-state index is 4.74. The number of hydrogen-bond acceptors (Lipinski definition) is 4. The molecule has 0 bridgehead atoms. The van der Waals surface area contributed by atoms with Gasteiger partial charge in [0.15, 0.2) is 5.13 Å². The van der Waals surface area contributed by atoms with Crippen molar-refractivity contribution >= 4 is 16.5 Å². The van der Waals surface area contributed by atoms with Crippen LogP contribution in [0.1, 0.15) is 30.0 Å². The standard InChI is InChI=1S/C16H21N3S/c1-16(2)14-13(9-11-18-16)19-15(20-14)17-10-8-12-6-4-3-5-7-12/h3-7,18H,8-11H2,1-2H3,(H,17,19). The molecule has 0 radical (unpaired) electrons. The van der Waals surface area contributed by atoms with E-state index in [2.05, 4.69) is 54.8 Å². The molecule has 3 rings (SSSR count). The van der Waals surface area contributed by atoms with Gasteiger partial charge in [0, 0.05) is 29.9 Å². The van der Waals surface area contributed by atoms with E-state index >= 15 is 0 Å². The van der Waals surface area contributed by atoms with Crippen molar-refractivity contribution in [2.24, 2.45) is 0 Å². The molecule has 0 amide bonds. The molecule has 3 nitrogen and oxygen atoms in total. The monoisotopic (exact) mass is 287 g/mol. The van der Waals surface area contributed by atoms with Crippen molar-refractivity contribution in [3.8, 4) is 0 Å². The smallest absolute Gasteiger partial charge is 0.183 e. The van der Waals surface area contributed by atoms with Gasteiger partial charge in [0.05, 0.1) is 5.69 Å². The molecular weight excluding hydrogens is 266 g/mol. The second-order valence-corrected chi connectivity index (χ2v) is 6.76. The highest BCUT2D eigenvalue weighted by Gasteiger charge is 2.30. The van der Waals surface area contributed by atoms with Gasteiger partial charge in [-0.25, -0.2) is 4.98 Å². The van der Waals surface area contributed by atoms with Crippen LogP contribution < -0.4 is 10.6 Å². The van der Waals surface area contributed by atoms with Crippen molar-refractivity contribution < 1.29 is 0 Å². The number of rotatable bonds is 4. The van der Waals surface area contributed by atoms with Crippen molar-refractivity contribution in [1.82, 2.24) is 10.3 Å². The lowest BCUT2D eigenvalue weighted by atomic mass is 9.96. The zero-order valence-electron chi connectivity index (χ0n) is 12.1. The summed E-state index contributed by atoms with van der Waals surface area (Å²) in [5.41, 5.74) is 2.69. The Hall–Kier alpha value is -1.39. The number of nitrogens with zero attached hydrogens (tertiary/aromatic N) is 1. The van der Waals surface area contributed by atoms with E-state index in [0.29, 0.717) is 0 Å². The lowest BCUT2D eigenvalue weighted by molar-refractivity contribution is 0.388. The van der Waals surface area contributed by atoms with E-state index in [-0.39, 0.29) is 5.54 Å². The fourth-order valence-electron chi connectivity index (χ4n) is 2.62. The van der Waals surface area contributed by atoms with Gasteiger partial charge < -0.3 is 10.6 Å². The molecule has 0 unspecified atom stereocenters. The molecule has 2 aromatic rings. The molecule has 2 N–H and O–H groups in total. The summed E-state index contributed by atoms with van der Waals surface area (Å²) in [4.78, 5) is 6.13. The molecular formula is C16H21N3S. The van der Waals surface area contributed by atoms with Crippen LogP contribution in [0.2, 0.25) is 0 Å². The van der Waals surface area contributed by atoms with Crippen molar-refractivity contribution in [2.45, 2.75) is 32.2 Å². The Morgan fingerprint density at radius 2 is 2.10 bits per heavy atom. The van der Waals surface area contributed by atoms with Crippen LogP contribution in [0, 0.1) is 0 Å². The molecule has 20 heavy (non-hydrogen) atoms. The number of fused-ring (bicyclic) bond motifs is 1. The van der Waals surface area contributed by atoms with Gasteiger partial charge in [-0.15, -0.1) is 0 Å². The predicted octanol–water partition coefficient (Wildman–Crippen LogP) is 3.18. The number of hydrogen-bond donors (Lipinski definition) is 2. The van der Waals surface area contributed by atoms with Gasteiger partial charge >= 0.3 is 0 Å². The highest BCUT2D eigenvalue weighted by molar-refractivity contribution is 7.15. The van der Waals surface area contributed by atoms with E-state index in [1.54, 1.807) is 11.3 Å². The van der Waals surface area contributed by atoms with Gasteiger partial charge in [0.1, 0.15) is 0 Å². The molecule has 0 saturated carbocycles. The zero-order valence-corrected chi connectivity index (χ0v) is 12.9. The van der Waals surface area contributed by atoms with Crippen molar-refractivity contribution in [3.63, 3.8) is 0 Å². The molecule has 4 heteroatoms. The summed E-state index contributed by atoms with van der Waals surface area (Å²) in [7, 11) is 0. The van der Waals surface area contributed by atoms with E-state index in [0.717, 1.165) is 31.1 Å². The molecule has 0 spiro atoms. The summed E-state index contributed by atoms with van der Waals surface area (Å²) >= 11 is 1.79. The first kappa shape index (κ1) is 13.6. The molecule has 0 atom stereocenters. The Morgan fingerprint density at radius 3 is 2.85 bits per heavy atom. The second kappa shape index (κ2) is 5.54. The van der Waals surface area contributed by atoms with Crippen LogP contribution in [0.25, 0.3) is 0 Å². The lowest BCUT2D eigenvalue weighted by Crippen LogP contribution is -2.41. The molecule has 1 aromatic heterocycles. The Kier molecular flexibility index (Phi) is 3.76. The third-order valence-corrected chi connectivity index (χ3v) is 5.11. The number of thiazole rings is 1. The minimum atomic E-state index is 0.0601. The van der Waals surface area contributed by atoms with E-state index in [4.69, 9.17) is 4.98 Å². The van der Waals surface area contributed by atoms with Crippen molar-refractivity contribution in [2.75, 3.05) is 18.4 Å². The summed E-state index contributed by atoms with van der Waals surface area (Å²) in [5.74, 6) is 0. The van der Waals surface area contributed by atoms with E-state index in [1.807, 2.05) is 0 Å². The number of benzene rings is 1. The third kappa shape index (κ3) is 2.86. The largest absolute Gasteiger partial charge is 0.361 e. The normalized spacial score (nSPS) is 16.7. The average molecular weight is 287 g/mol. The topological polar surface area (TPSA) is 37.0 Å². The summed E-state index contributed by atoms with van der Waals surface area (Å²) in [6, 6.07) is 10.6. The summed E-state index contributed by atoms with van der Waals surface area (Å²) in [6.07, 6.45) is 2.07. The van der Waals surface area contributed by atoms with Gasteiger partial charge in [-0.05, 0) is 25.8 Å². The van der Waals surface area contributed by atoms with Crippen molar-refractivity contribution in [3.05, 3.63) is 46.5 Å². The quantitative estimate of drug-likeness (QED) is 0.907. The number of aromatic nitrogens is 1. The Morgan fingerprint density at radius 1 is 1.30 bits per heavy atom. The number of nitrogens with one attached hydrogen (secondary N) is 2. The molecule has 0 aliphatic carbocycles. The van der Waals surface area contributed by atoms with Crippen LogP contribution in [-0.4, -0.2) is 18.1 Å². The van der Waals surface area contributed by atoms with Gasteiger partial charge in [-0.3, -0.25) is 0 Å². The highest BCUT2D eigenvalue weighted by Crippen LogP contribution is 2.35. The van der Waals surface area contributed by atoms with E-state index in [1.165, 1.54) is 16.1 Å². The van der Waals surface area contributed by atoms with Crippen molar-refractivity contribution in [1.29, 1.82) is 0 Å². The summed E-state index contributed by atoms with van der Waals surface area (Å²) in [5, 5.41) is 8.08. The second-order valence-electron chi connectivity index (χ2n) is 5.76. The lowest BCUT2D eigenvalue weighted by Gasteiger charge is -2.29. The van der Waals surface area contributed by atoms with Crippen LogP contribution in [-0.2, 0) is 18.4 Å². The maximum Gasteiger partial charge on any atom is 0.183 e. The van der Waals surface area contributed by atoms with Crippen LogP contribution in [0.15, 0.2) is 30.3 Å².